The third-order valence-electron chi connectivity index (χ3n) is 5.86. The van der Waals surface area contributed by atoms with E-state index in [1.165, 1.54) is 11.8 Å². The van der Waals surface area contributed by atoms with Gasteiger partial charge in [-0.3, -0.25) is 14.4 Å². The second kappa shape index (κ2) is 11.7. The maximum atomic E-state index is 12.8. The quantitative estimate of drug-likeness (QED) is 0.161. The monoisotopic (exact) mass is 524 g/mol. The number of amides is 1. The summed E-state index contributed by atoms with van der Waals surface area (Å²) in [5.74, 6) is 4.16. The first kappa shape index (κ1) is 27.4. The van der Waals surface area contributed by atoms with Gasteiger partial charge in [0, 0.05) is 20.6 Å². The van der Waals surface area contributed by atoms with Crippen molar-refractivity contribution in [1.82, 2.24) is 20.0 Å². The maximum absolute atomic E-state index is 12.8. The summed E-state index contributed by atoms with van der Waals surface area (Å²) in [6.07, 6.45) is 1.75. The summed E-state index contributed by atoms with van der Waals surface area (Å²) >= 11 is 0. The fourth-order valence-electron chi connectivity index (χ4n) is 4.14. The second-order valence-corrected chi connectivity index (χ2v) is 10.1. The van der Waals surface area contributed by atoms with Crippen molar-refractivity contribution in [2.45, 2.75) is 38.0 Å². The number of nitrogens with zero attached hydrogens (tertiary/aromatic N) is 3. The molecule has 0 aromatic heterocycles. The highest BCUT2D eigenvalue weighted by molar-refractivity contribution is 7.93. The molecule has 0 spiro atoms. The Bertz CT molecular complexity index is 1120. The molecule has 36 heavy (non-hydrogen) atoms. The number of carbonyl (C=O) groups is 2. The average molecular weight is 525 g/mol. The predicted molar refractivity (Wildman–Crippen MR) is 130 cm³/mol. The molecule has 14 heteroatoms. The summed E-state index contributed by atoms with van der Waals surface area (Å²) in [7, 11) is 0.377. The van der Waals surface area contributed by atoms with Crippen molar-refractivity contribution >= 4 is 28.1 Å². The van der Waals surface area contributed by atoms with Crippen molar-refractivity contribution in [2.24, 2.45) is 10.9 Å². The molecule has 3 rings (SSSR count). The standard InChI is InChI=1S/C22H32N6O7S/c1-14-21(27(2)13-34-14)36(31,32)26-18(22(30)33-4)12-24-20(29)10-17-9-19(28(3)35-17)16-7-5-15(6-8-16)11-25-23/h5-8,11,17-19,26H,9-10,12-13,23H2,1-4H3,(H,24,29)/t17-,18-,19+/m0/s1. The molecule has 1 aromatic rings. The minimum Gasteiger partial charge on any atom is -0.475 e. The molecule has 198 valence electrons. The van der Waals surface area contributed by atoms with Gasteiger partial charge in [0.15, 0.2) is 11.8 Å². The number of esters is 1. The van der Waals surface area contributed by atoms with Crippen LogP contribution in [0, 0.1) is 0 Å². The van der Waals surface area contributed by atoms with E-state index in [0.717, 1.165) is 18.2 Å². The number of hydroxylamine groups is 2. The van der Waals surface area contributed by atoms with Crippen molar-refractivity contribution in [2.75, 3.05) is 34.5 Å². The van der Waals surface area contributed by atoms with E-state index in [1.54, 1.807) is 25.4 Å². The van der Waals surface area contributed by atoms with Gasteiger partial charge in [-0.05, 0) is 24.5 Å². The molecule has 0 unspecified atom stereocenters. The smallest absolute Gasteiger partial charge is 0.325 e. The summed E-state index contributed by atoms with van der Waals surface area (Å²) in [6.45, 7) is 1.30. The molecule has 2 aliphatic rings. The summed E-state index contributed by atoms with van der Waals surface area (Å²) < 4.78 is 37.9. The van der Waals surface area contributed by atoms with Gasteiger partial charge in [-0.2, -0.15) is 14.9 Å². The van der Waals surface area contributed by atoms with E-state index in [4.69, 9.17) is 20.2 Å². The third-order valence-corrected chi connectivity index (χ3v) is 7.56. The van der Waals surface area contributed by atoms with Gasteiger partial charge in [0.1, 0.15) is 11.8 Å². The van der Waals surface area contributed by atoms with Crippen LogP contribution in [-0.2, 0) is 33.9 Å². The van der Waals surface area contributed by atoms with E-state index >= 15 is 0 Å². The molecule has 2 heterocycles. The maximum Gasteiger partial charge on any atom is 0.325 e. The number of ether oxygens (including phenoxy) is 2. The molecule has 0 saturated carbocycles. The van der Waals surface area contributed by atoms with Crippen molar-refractivity contribution < 1.29 is 32.3 Å². The summed E-state index contributed by atoms with van der Waals surface area (Å²) in [5, 5.41) is 7.72. The highest BCUT2D eigenvalue weighted by Crippen LogP contribution is 2.34. The Balaban J connectivity index is 1.57. The van der Waals surface area contributed by atoms with E-state index < -0.39 is 34.0 Å². The van der Waals surface area contributed by atoms with Crippen LogP contribution in [0.25, 0.3) is 0 Å². The lowest BCUT2D eigenvalue weighted by atomic mass is 9.99. The van der Waals surface area contributed by atoms with Gasteiger partial charge in [0.2, 0.25) is 5.91 Å². The van der Waals surface area contributed by atoms with Crippen LogP contribution in [0.3, 0.4) is 0 Å². The normalized spacial score (nSPS) is 21.6. The lowest BCUT2D eigenvalue weighted by Crippen LogP contribution is -2.50. The summed E-state index contributed by atoms with van der Waals surface area (Å²) in [5.41, 5.74) is 1.88. The Hall–Kier alpha value is -3.20. The number of hydrazone groups is 1. The van der Waals surface area contributed by atoms with Crippen LogP contribution in [0.1, 0.15) is 36.9 Å². The number of carbonyl (C=O) groups excluding carboxylic acids is 2. The molecular weight excluding hydrogens is 492 g/mol. The number of methoxy groups -OCH3 is 1. The van der Waals surface area contributed by atoms with Crippen molar-refractivity contribution in [1.29, 1.82) is 0 Å². The van der Waals surface area contributed by atoms with E-state index in [-0.39, 0.29) is 36.5 Å². The molecule has 0 bridgehead atoms. The molecule has 1 aromatic carbocycles. The van der Waals surface area contributed by atoms with Gasteiger partial charge in [0.25, 0.3) is 10.0 Å². The van der Waals surface area contributed by atoms with E-state index in [2.05, 4.69) is 15.1 Å². The molecule has 4 N–H and O–H groups in total. The van der Waals surface area contributed by atoms with Crippen molar-refractivity contribution in [3.8, 4) is 0 Å². The molecule has 13 nitrogen and oxygen atoms in total. The Morgan fingerprint density at radius 2 is 2.00 bits per heavy atom. The Morgan fingerprint density at radius 1 is 1.31 bits per heavy atom. The number of nitrogens with two attached hydrogens (primary N) is 1. The first-order valence-corrected chi connectivity index (χ1v) is 12.7. The van der Waals surface area contributed by atoms with Gasteiger partial charge in [-0.25, -0.2) is 8.42 Å². The van der Waals surface area contributed by atoms with Gasteiger partial charge < -0.3 is 25.5 Å². The van der Waals surface area contributed by atoms with Crippen molar-refractivity contribution in [3.05, 3.63) is 46.2 Å². The first-order chi connectivity index (χ1) is 17.1. The molecule has 3 atom stereocenters. The van der Waals surface area contributed by atoms with Gasteiger partial charge >= 0.3 is 5.97 Å². The fourth-order valence-corrected chi connectivity index (χ4v) is 5.70. The highest BCUT2D eigenvalue weighted by Gasteiger charge is 2.36. The Kier molecular flexibility index (Phi) is 8.89. The summed E-state index contributed by atoms with van der Waals surface area (Å²) in [4.78, 5) is 32.0. The second-order valence-electron chi connectivity index (χ2n) is 8.51. The van der Waals surface area contributed by atoms with Crippen LogP contribution in [0.15, 0.2) is 40.2 Å². The predicted octanol–water partition coefficient (Wildman–Crippen LogP) is -0.268. The third kappa shape index (κ3) is 6.51. The van der Waals surface area contributed by atoms with Crippen molar-refractivity contribution in [3.63, 3.8) is 0 Å². The van der Waals surface area contributed by atoms with E-state index in [0.29, 0.717) is 6.42 Å². The number of nitrogens with one attached hydrogen (secondary N) is 2. The molecule has 0 radical (unpaired) electrons. The number of allylic oxidation sites excluding steroid dienone is 1. The number of sulfonamides is 1. The highest BCUT2D eigenvalue weighted by atomic mass is 32.2. The van der Waals surface area contributed by atoms with E-state index in [1.807, 2.05) is 24.3 Å². The van der Waals surface area contributed by atoms with Crippen LogP contribution in [0.5, 0.6) is 0 Å². The Labute approximate surface area is 210 Å². The van der Waals surface area contributed by atoms with Gasteiger partial charge in [-0.1, -0.05) is 24.3 Å². The minimum atomic E-state index is -4.10. The van der Waals surface area contributed by atoms with Gasteiger partial charge in [0.05, 0.1) is 31.9 Å². The fraction of sp³-hybridized carbons (Fsp3) is 0.500. The molecule has 2 aliphatic heterocycles. The zero-order chi connectivity index (χ0) is 26.5. The first-order valence-electron chi connectivity index (χ1n) is 11.2. The van der Waals surface area contributed by atoms with Crippen LogP contribution in [0.2, 0.25) is 0 Å². The minimum absolute atomic E-state index is 0.0280. The largest absolute Gasteiger partial charge is 0.475 e. The number of hydrogen-bond acceptors (Lipinski definition) is 11. The number of rotatable bonds is 10. The molecular formula is C22H32N6O7S. The SMILES string of the molecule is COC(=O)[C@H](CNC(=O)C[C@@H]1C[C@H](c2ccc(C=NN)cc2)N(C)O1)NS(=O)(=O)C1=C(C)OCN1C. The molecule has 1 saturated heterocycles. The van der Waals surface area contributed by atoms with Gasteiger partial charge in [-0.15, -0.1) is 0 Å². The molecule has 0 aliphatic carbocycles. The summed E-state index contributed by atoms with van der Waals surface area (Å²) in [6, 6.07) is 6.29. The topological polar surface area (TPSA) is 165 Å². The number of hydrogen-bond donors (Lipinski definition) is 3. The zero-order valence-corrected chi connectivity index (χ0v) is 21.4. The molecule has 1 amide bonds. The van der Waals surface area contributed by atoms with Crippen LogP contribution in [-0.4, -0.2) is 83.1 Å². The lowest BCUT2D eigenvalue weighted by molar-refractivity contribution is -0.152. The lowest BCUT2D eigenvalue weighted by Gasteiger charge is -2.20. The Morgan fingerprint density at radius 3 is 2.58 bits per heavy atom. The molecule has 1 fully saturated rings. The zero-order valence-electron chi connectivity index (χ0n) is 20.6. The van der Waals surface area contributed by atoms with Crippen LogP contribution in [0.4, 0.5) is 0 Å². The van der Waals surface area contributed by atoms with E-state index in [9.17, 15) is 18.0 Å². The average Bonchev–Trinajstić information content (AvgIpc) is 3.37. The number of benzene rings is 1. The van der Waals surface area contributed by atoms with Crippen LogP contribution >= 0.6 is 0 Å². The van der Waals surface area contributed by atoms with Crippen LogP contribution < -0.4 is 15.9 Å².